The van der Waals surface area contributed by atoms with Crippen molar-refractivity contribution in [3.63, 3.8) is 0 Å². The summed E-state index contributed by atoms with van der Waals surface area (Å²) in [5.41, 5.74) is -0.477. The molecule has 0 spiro atoms. The number of aliphatic carboxylic acids is 2. The van der Waals surface area contributed by atoms with Crippen molar-refractivity contribution in [2.45, 2.75) is 10.4 Å². The Balaban J connectivity index is 0. The molecule has 0 rings (SSSR count). The molecule has 0 radical (unpaired) electrons. The van der Waals surface area contributed by atoms with Gasteiger partial charge < -0.3 is 19.8 Å². The second kappa shape index (κ2) is 9.43. The molecule has 0 aromatic carbocycles. The first-order chi connectivity index (χ1) is 5.95. The van der Waals surface area contributed by atoms with E-state index in [4.69, 9.17) is 0 Å². The number of carboxylic acids is 2. The van der Waals surface area contributed by atoms with Crippen LogP contribution in [0.15, 0.2) is 24.8 Å². The van der Waals surface area contributed by atoms with Gasteiger partial charge in [0.15, 0.2) is 0 Å². The van der Waals surface area contributed by atoms with Crippen LogP contribution in [0, 0.1) is 0 Å². The molecule has 0 heterocycles. The first kappa shape index (κ1) is 14.8. The zero-order valence-corrected chi connectivity index (χ0v) is 11.6. The van der Waals surface area contributed by atoms with Gasteiger partial charge in [0.2, 0.25) is 0 Å². The predicted octanol–water partition coefficient (Wildman–Crippen LogP) is -2.08. The first-order valence-electron chi connectivity index (χ1n) is 3.35. The first-order valence-corrected chi connectivity index (χ1v) is 6.53. The molecule has 0 aliphatic carbocycles. The number of hydrogen-bond donors (Lipinski definition) is 0. The van der Waals surface area contributed by atoms with Gasteiger partial charge in [-0.05, 0) is 5.57 Å². The van der Waals surface area contributed by atoms with Gasteiger partial charge in [-0.2, -0.15) is 0 Å². The van der Waals surface area contributed by atoms with Crippen molar-refractivity contribution in [3.8, 4) is 0 Å². The van der Waals surface area contributed by atoms with Crippen LogP contribution in [0.2, 0.25) is 3.98 Å². The summed E-state index contributed by atoms with van der Waals surface area (Å²) in [4.78, 5) is 19.4. The zero-order chi connectivity index (χ0) is 10.9. The molecular weight excluding hydrogens is 367 g/mol. The van der Waals surface area contributed by atoms with E-state index >= 15 is 0 Å². The zero-order valence-electron chi connectivity index (χ0n) is 7.12. The number of rotatable bonds is 4. The van der Waals surface area contributed by atoms with E-state index in [2.05, 4.69) is 13.2 Å². The molecule has 0 aliphatic heterocycles. The van der Waals surface area contributed by atoms with Crippen molar-refractivity contribution in [1.29, 1.82) is 0 Å². The third-order valence-electron chi connectivity index (χ3n) is 0.813. The molecule has 70 valence electrons. The van der Waals surface area contributed by atoms with Crippen molar-refractivity contribution in [2.75, 3.05) is 0 Å². The van der Waals surface area contributed by atoms with Crippen molar-refractivity contribution >= 4 is 37.7 Å². The maximum atomic E-state index is 9.73. The van der Waals surface area contributed by atoms with Gasteiger partial charge >= 0.3 is 42.4 Å². The monoisotopic (exact) mass is 378 g/mol. The molecule has 0 bridgehead atoms. The summed E-state index contributed by atoms with van der Waals surface area (Å²) in [6, 6.07) is 0. The van der Waals surface area contributed by atoms with Crippen molar-refractivity contribution in [2.24, 2.45) is 0 Å². The molecule has 5 heteroatoms. The number of allylic oxidation sites excluding steroid dienone is 1. The van der Waals surface area contributed by atoms with Gasteiger partial charge in [-0.3, -0.25) is 0 Å². The third kappa shape index (κ3) is 14.2. The Kier molecular flexibility index (Phi) is 10.8. The van der Waals surface area contributed by atoms with Crippen LogP contribution in [0.25, 0.3) is 0 Å². The van der Waals surface area contributed by atoms with Crippen LogP contribution in [0.3, 0.4) is 0 Å². The topological polar surface area (TPSA) is 80.3 Å². The molecule has 0 fully saturated rings. The van der Waals surface area contributed by atoms with Gasteiger partial charge in [-0.25, -0.2) is 0 Å². The van der Waals surface area contributed by atoms with Gasteiger partial charge in [0, 0.05) is 12.4 Å². The summed E-state index contributed by atoms with van der Waals surface area (Å²) in [5.74, 6) is -3.02. The third-order valence-corrected chi connectivity index (χ3v) is 2.11. The fourth-order valence-electron chi connectivity index (χ4n) is 0.246. The average Bonchev–Trinajstić information content (AvgIpc) is 2.03. The van der Waals surface area contributed by atoms with E-state index in [0.717, 1.165) is 25.8 Å². The minimum atomic E-state index is -1.56. The van der Waals surface area contributed by atoms with Gasteiger partial charge in [-0.1, -0.05) is 6.58 Å². The standard InChI is InChI=1S/C5H6O4.C3H5.Pb.H/c1-3(5(8)9)2-4(6)7;1-3-2;;/h1-2H2,(H,6,7)(H,8,9);3H,1-2H2;;/q;;+2;/p-2. The van der Waals surface area contributed by atoms with E-state index in [1.54, 1.807) is 0 Å². The number of carboxylic acid groups (broad SMARTS) is 2. The number of carbonyl (C=O) groups excluding carboxylic acids is 2. The Morgan fingerprint density at radius 1 is 1.38 bits per heavy atom. The van der Waals surface area contributed by atoms with Crippen LogP contribution in [-0.2, 0) is 9.59 Å². The summed E-state index contributed by atoms with van der Waals surface area (Å²) in [7, 11) is 0. The van der Waals surface area contributed by atoms with E-state index < -0.39 is 23.9 Å². The molecule has 0 saturated carbocycles. The van der Waals surface area contributed by atoms with Crippen LogP contribution in [0.1, 0.15) is 6.42 Å². The quantitative estimate of drug-likeness (QED) is 0.320. The Bertz CT molecular complexity index is 210. The van der Waals surface area contributed by atoms with E-state index in [1.165, 1.54) is 3.98 Å². The Morgan fingerprint density at radius 2 is 1.77 bits per heavy atom. The van der Waals surface area contributed by atoms with Gasteiger partial charge in [-0.15, -0.1) is 0 Å². The predicted molar refractivity (Wildman–Crippen MR) is 45.9 cm³/mol. The Morgan fingerprint density at radius 3 is 1.85 bits per heavy atom. The molecule has 0 N–H and O–H groups in total. The van der Waals surface area contributed by atoms with E-state index in [1.807, 2.05) is 6.08 Å². The normalized spacial score (nSPS) is 7.62. The van der Waals surface area contributed by atoms with E-state index in [-0.39, 0.29) is 0 Å². The second-order valence-electron chi connectivity index (χ2n) is 1.96. The summed E-state index contributed by atoms with van der Waals surface area (Å²) >= 11 is 1.11. The molecule has 0 aromatic heterocycles. The molecule has 0 aliphatic rings. The summed E-state index contributed by atoms with van der Waals surface area (Å²) in [5, 5.41) is 19.4. The van der Waals surface area contributed by atoms with Crippen LogP contribution in [0.5, 0.6) is 0 Å². The molecule has 0 amide bonds. The van der Waals surface area contributed by atoms with E-state index in [0.29, 0.717) is 0 Å². The van der Waals surface area contributed by atoms with Crippen molar-refractivity contribution < 1.29 is 19.8 Å². The second-order valence-corrected chi connectivity index (χ2v) is 3.80. The van der Waals surface area contributed by atoms with Crippen LogP contribution in [0.4, 0.5) is 0 Å². The molecular formula is C8H10O4Pb. The van der Waals surface area contributed by atoms with Crippen molar-refractivity contribution in [1.82, 2.24) is 0 Å². The van der Waals surface area contributed by atoms with Gasteiger partial charge in [0.25, 0.3) is 0 Å². The minimum absolute atomic E-state index is 0.477. The summed E-state index contributed by atoms with van der Waals surface area (Å²) < 4.78 is 1.25. The molecule has 4 nitrogen and oxygen atoms in total. The van der Waals surface area contributed by atoms with Gasteiger partial charge in [0.1, 0.15) is 0 Å². The summed E-state index contributed by atoms with van der Waals surface area (Å²) in [6.45, 7) is 6.43. The van der Waals surface area contributed by atoms with Crippen LogP contribution >= 0.6 is 0 Å². The average molecular weight is 377 g/mol. The van der Waals surface area contributed by atoms with Gasteiger partial charge in [0.05, 0.1) is 5.97 Å². The number of hydrogen-bond acceptors (Lipinski definition) is 4. The Labute approximate surface area is 92.6 Å². The van der Waals surface area contributed by atoms with Crippen LogP contribution < -0.4 is 10.2 Å². The fraction of sp³-hybridized carbons (Fsp3) is 0.250. The molecule has 13 heavy (non-hydrogen) atoms. The van der Waals surface area contributed by atoms with Crippen LogP contribution in [-0.4, -0.2) is 37.7 Å². The Hall–Kier alpha value is -0.658. The molecule has 0 aromatic rings. The molecule has 0 unspecified atom stereocenters. The number of carbonyl (C=O) groups is 2. The maximum absolute atomic E-state index is 9.73. The SMILES string of the molecule is C=C(CC(=O)[O-])C(=O)[O-].C=C[CH2][PbH+2]. The molecule has 0 atom stereocenters. The molecule has 0 saturated heterocycles. The van der Waals surface area contributed by atoms with Crippen molar-refractivity contribution in [3.05, 3.63) is 24.8 Å². The summed E-state index contributed by atoms with van der Waals surface area (Å²) in [6.07, 6.45) is 1.27. The fourth-order valence-corrected chi connectivity index (χ4v) is 0.246. The van der Waals surface area contributed by atoms with E-state index in [9.17, 15) is 19.8 Å².